The lowest BCUT2D eigenvalue weighted by Gasteiger charge is -2.06. The second-order valence-electron chi connectivity index (χ2n) is 4.50. The van der Waals surface area contributed by atoms with E-state index in [4.69, 9.17) is 9.15 Å². The lowest BCUT2D eigenvalue weighted by molar-refractivity contribution is 0.414. The summed E-state index contributed by atoms with van der Waals surface area (Å²) in [5.41, 5.74) is 1.03. The van der Waals surface area contributed by atoms with E-state index in [2.05, 4.69) is 15.9 Å². The molecule has 0 saturated heterocycles. The van der Waals surface area contributed by atoms with Crippen molar-refractivity contribution in [2.24, 2.45) is 0 Å². The number of ether oxygens (including phenoxy) is 1. The van der Waals surface area contributed by atoms with Crippen LogP contribution in [0.1, 0.15) is 0 Å². The van der Waals surface area contributed by atoms with Crippen molar-refractivity contribution in [2.75, 3.05) is 7.11 Å². The Kier molecular flexibility index (Phi) is 3.43. The van der Waals surface area contributed by atoms with Crippen molar-refractivity contribution in [3.05, 3.63) is 57.2 Å². The van der Waals surface area contributed by atoms with Crippen LogP contribution in [0.4, 0.5) is 0 Å². The molecule has 4 nitrogen and oxygen atoms in total. The third-order valence-electron chi connectivity index (χ3n) is 3.17. The summed E-state index contributed by atoms with van der Waals surface area (Å²) in [6.07, 6.45) is 0. The summed E-state index contributed by atoms with van der Waals surface area (Å²) in [6.45, 7) is 0. The predicted molar refractivity (Wildman–Crippen MR) is 83.8 cm³/mol. The maximum atomic E-state index is 12.2. The standard InChI is InChI=1S/C16H11BrO4/c1-20-10-3-4-11-14(19)8-15(21-16(11)7-10)9-2-5-13(18)12(17)6-9/h2-8,18H,1H3. The van der Waals surface area contributed by atoms with Gasteiger partial charge in [0.1, 0.15) is 22.8 Å². The highest BCUT2D eigenvalue weighted by atomic mass is 79.9. The van der Waals surface area contributed by atoms with Crippen LogP contribution in [-0.2, 0) is 0 Å². The topological polar surface area (TPSA) is 59.7 Å². The highest BCUT2D eigenvalue weighted by molar-refractivity contribution is 9.10. The Morgan fingerprint density at radius 3 is 2.67 bits per heavy atom. The first kappa shape index (κ1) is 13.7. The van der Waals surface area contributed by atoms with Gasteiger partial charge in [-0.2, -0.15) is 0 Å². The Bertz CT molecular complexity index is 883. The third-order valence-corrected chi connectivity index (χ3v) is 3.80. The van der Waals surface area contributed by atoms with Crippen molar-refractivity contribution in [3.63, 3.8) is 0 Å². The van der Waals surface area contributed by atoms with E-state index < -0.39 is 0 Å². The van der Waals surface area contributed by atoms with Crippen LogP contribution in [0.2, 0.25) is 0 Å². The van der Waals surface area contributed by atoms with Crippen LogP contribution < -0.4 is 10.2 Å². The Morgan fingerprint density at radius 2 is 1.95 bits per heavy atom. The SMILES string of the molecule is COc1ccc2c(=O)cc(-c3ccc(O)c(Br)c3)oc2c1. The number of halogens is 1. The summed E-state index contributed by atoms with van der Waals surface area (Å²) in [7, 11) is 1.56. The molecule has 0 fully saturated rings. The summed E-state index contributed by atoms with van der Waals surface area (Å²) in [6, 6.07) is 11.4. The van der Waals surface area contributed by atoms with Crippen molar-refractivity contribution < 1.29 is 14.3 Å². The fourth-order valence-electron chi connectivity index (χ4n) is 2.06. The van der Waals surface area contributed by atoms with E-state index in [1.807, 2.05) is 0 Å². The molecule has 1 heterocycles. The molecule has 0 atom stereocenters. The number of rotatable bonds is 2. The summed E-state index contributed by atoms with van der Waals surface area (Å²) in [4.78, 5) is 12.2. The molecule has 1 aromatic heterocycles. The number of fused-ring (bicyclic) bond motifs is 1. The Morgan fingerprint density at radius 1 is 1.14 bits per heavy atom. The summed E-state index contributed by atoms with van der Waals surface area (Å²) in [5.74, 6) is 1.18. The van der Waals surface area contributed by atoms with Gasteiger partial charge in [0, 0.05) is 17.7 Å². The molecule has 106 valence electrons. The number of aromatic hydroxyl groups is 1. The summed E-state index contributed by atoms with van der Waals surface area (Å²) in [5, 5.41) is 10.0. The quantitative estimate of drug-likeness (QED) is 0.763. The fraction of sp³-hybridized carbons (Fsp3) is 0.0625. The van der Waals surface area contributed by atoms with E-state index in [-0.39, 0.29) is 11.2 Å². The third kappa shape index (κ3) is 2.52. The zero-order valence-electron chi connectivity index (χ0n) is 11.1. The van der Waals surface area contributed by atoms with Crippen LogP contribution in [0.3, 0.4) is 0 Å². The van der Waals surface area contributed by atoms with Gasteiger partial charge in [-0.25, -0.2) is 0 Å². The molecule has 0 spiro atoms. The normalized spacial score (nSPS) is 10.8. The first-order valence-corrected chi connectivity index (χ1v) is 6.98. The lowest BCUT2D eigenvalue weighted by Crippen LogP contribution is -2.00. The van der Waals surface area contributed by atoms with E-state index in [0.717, 1.165) is 0 Å². The van der Waals surface area contributed by atoms with Crippen molar-refractivity contribution in [2.45, 2.75) is 0 Å². The van der Waals surface area contributed by atoms with Gasteiger partial charge in [0.05, 0.1) is 17.0 Å². The first-order valence-electron chi connectivity index (χ1n) is 6.19. The van der Waals surface area contributed by atoms with E-state index in [9.17, 15) is 9.90 Å². The first-order chi connectivity index (χ1) is 10.1. The Labute approximate surface area is 128 Å². The van der Waals surface area contributed by atoms with Crippen LogP contribution in [0, 0.1) is 0 Å². The minimum absolute atomic E-state index is 0.127. The maximum absolute atomic E-state index is 12.2. The van der Waals surface area contributed by atoms with Gasteiger partial charge < -0.3 is 14.3 Å². The number of phenolic OH excluding ortho intramolecular Hbond substituents is 1. The largest absolute Gasteiger partial charge is 0.507 e. The number of hydrogen-bond acceptors (Lipinski definition) is 4. The molecule has 0 bridgehead atoms. The maximum Gasteiger partial charge on any atom is 0.193 e. The van der Waals surface area contributed by atoms with Crippen LogP contribution in [0.15, 0.2) is 56.1 Å². The van der Waals surface area contributed by atoms with Gasteiger partial charge >= 0.3 is 0 Å². The van der Waals surface area contributed by atoms with Crippen molar-refractivity contribution >= 4 is 26.9 Å². The minimum Gasteiger partial charge on any atom is -0.507 e. The molecule has 21 heavy (non-hydrogen) atoms. The molecular weight excluding hydrogens is 336 g/mol. The monoisotopic (exact) mass is 346 g/mol. The lowest BCUT2D eigenvalue weighted by atomic mass is 10.1. The van der Waals surface area contributed by atoms with E-state index in [0.29, 0.717) is 32.5 Å². The van der Waals surface area contributed by atoms with Gasteiger partial charge in [0.15, 0.2) is 5.43 Å². The Hall–Kier alpha value is -2.27. The van der Waals surface area contributed by atoms with E-state index >= 15 is 0 Å². The van der Waals surface area contributed by atoms with Gasteiger partial charge in [-0.15, -0.1) is 0 Å². The van der Waals surface area contributed by atoms with Crippen LogP contribution >= 0.6 is 15.9 Å². The Balaban J connectivity index is 2.23. The van der Waals surface area contributed by atoms with Gasteiger partial charge in [-0.05, 0) is 46.3 Å². The smallest absolute Gasteiger partial charge is 0.193 e. The van der Waals surface area contributed by atoms with Crippen molar-refractivity contribution in [1.82, 2.24) is 0 Å². The molecule has 0 radical (unpaired) electrons. The average Bonchev–Trinajstić information content (AvgIpc) is 2.49. The number of hydrogen-bond donors (Lipinski definition) is 1. The predicted octanol–water partition coefficient (Wildman–Crippen LogP) is 3.94. The van der Waals surface area contributed by atoms with E-state index in [1.165, 1.54) is 12.1 Å². The van der Waals surface area contributed by atoms with Gasteiger partial charge in [-0.3, -0.25) is 4.79 Å². The molecule has 0 unspecified atom stereocenters. The molecule has 1 N–H and O–H groups in total. The molecule has 0 amide bonds. The number of phenols is 1. The highest BCUT2D eigenvalue weighted by Crippen LogP contribution is 2.30. The molecule has 0 aliphatic heterocycles. The van der Waals surface area contributed by atoms with Gasteiger partial charge in [-0.1, -0.05) is 0 Å². The zero-order chi connectivity index (χ0) is 15.0. The molecular formula is C16H11BrO4. The average molecular weight is 347 g/mol. The number of benzene rings is 2. The van der Waals surface area contributed by atoms with Gasteiger partial charge in [0.2, 0.25) is 0 Å². The molecule has 5 heteroatoms. The van der Waals surface area contributed by atoms with Crippen LogP contribution in [0.5, 0.6) is 11.5 Å². The highest BCUT2D eigenvalue weighted by Gasteiger charge is 2.09. The molecule has 3 aromatic rings. The molecule has 0 aliphatic carbocycles. The molecule has 0 aliphatic rings. The summed E-state index contributed by atoms with van der Waals surface area (Å²) < 4.78 is 11.5. The van der Waals surface area contributed by atoms with E-state index in [1.54, 1.807) is 37.4 Å². The fourth-order valence-corrected chi connectivity index (χ4v) is 2.44. The van der Waals surface area contributed by atoms with Crippen LogP contribution in [0.25, 0.3) is 22.3 Å². The second kappa shape index (κ2) is 5.26. The van der Waals surface area contributed by atoms with Crippen molar-refractivity contribution in [1.29, 1.82) is 0 Å². The molecule has 3 rings (SSSR count). The van der Waals surface area contributed by atoms with Crippen LogP contribution in [-0.4, -0.2) is 12.2 Å². The minimum atomic E-state index is -0.127. The number of methoxy groups -OCH3 is 1. The zero-order valence-corrected chi connectivity index (χ0v) is 12.7. The molecule has 2 aromatic carbocycles. The summed E-state index contributed by atoms with van der Waals surface area (Å²) >= 11 is 3.24. The van der Waals surface area contributed by atoms with Gasteiger partial charge in [0.25, 0.3) is 0 Å². The molecule has 0 saturated carbocycles. The van der Waals surface area contributed by atoms with Crippen molar-refractivity contribution in [3.8, 4) is 22.8 Å². The second-order valence-corrected chi connectivity index (χ2v) is 5.36.